The number of hydrogen-bond donors (Lipinski definition) is 1. The van der Waals surface area contributed by atoms with Crippen molar-refractivity contribution in [2.75, 3.05) is 16.4 Å². The molecule has 0 unspecified atom stereocenters. The lowest BCUT2D eigenvalue weighted by Crippen LogP contribution is -2.27. The van der Waals surface area contributed by atoms with Gasteiger partial charge in [0, 0.05) is 11.4 Å². The number of carbonyl (C=O) groups excluding carboxylic acids is 1. The summed E-state index contributed by atoms with van der Waals surface area (Å²) in [4.78, 5) is 13.8. The first kappa shape index (κ1) is 13.0. The van der Waals surface area contributed by atoms with E-state index in [0.29, 0.717) is 17.1 Å². The van der Waals surface area contributed by atoms with Crippen molar-refractivity contribution in [2.45, 2.75) is 5.37 Å². The van der Waals surface area contributed by atoms with Crippen molar-refractivity contribution in [3.8, 4) is 0 Å². The van der Waals surface area contributed by atoms with E-state index in [0.717, 1.165) is 5.56 Å². The first-order chi connectivity index (χ1) is 9.65. The predicted octanol–water partition coefficient (Wildman–Crippen LogP) is 3.19. The Hall–Kier alpha value is -2.01. The molecule has 1 fully saturated rings. The number of carbonyl (C=O) groups is 1. The van der Waals surface area contributed by atoms with E-state index >= 15 is 0 Å². The fourth-order valence-electron chi connectivity index (χ4n) is 2.21. The van der Waals surface area contributed by atoms with Crippen LogP contribution in [0.4, 0.5) is 15.8 Å². The molecule has 2 N–H and O–H groups in total. The van der Waals surface area contributed by atoms with Crippen LogP contribution in [0.25, 0.3) is 0 Å². The Labute approximate surface area is 120 Å². The third-order valence-electron chi connectivity index (χ3n) is 3.19. The summed E-state index contributed by atoms with van der Waals surface area (Å²) in [5.74, 6) is 0.146. The fraction of sp³-hybridized carbons (Fsp3) is 0.133. The molecule has 1 aliphatic heterocycles. The fourth-order valence-corrected chi connectivity index (χ4v) is 3.39. The minimum Gasteiger partial charge on any atom is -0.399 e. The number of rotatable bonds is 2. The third kappa shape index (κ3) is 2.36. The maximum absolute atomic E-state index is 13.0. The Morgan fingerprint density at radius 3 is 2.40 bits per heavy atom. The van der Waals surface area contributed by atoms with Crippen molar-refractivity contribution in [1.82, 2.24) is 0 Å². The molecule has 5 heteroatoms. The van der Waals surface area contributed by atoms with Gasteiger partial charge in [0.1, 0.15) is 11.2 Å². The van der Waals surface area contributed by atoms with Crippen LogP contribution >= 0.6 is 11.8 Å². The number of nitrogens with zero attached hydrogens (tertiary/aromatic N) is 1. The molecule has 0 spiro atoms. The number of halogens is 1. The van der Waals surface area contributed by atoms with Gasteiger partial charge in [0.2, 0.25) is 5.91 Å². The van der Waals surface area contributed by atoms with Crippen molar-refractivity contribution in [1.29, 1.82) is 0 Å². The van der Waals surface area contributed by atoms with Crippen LogP contribution in [0.2, 0.25) is 0 Å². The molecule has 0 bridgehead atoms. The zero-order valence-electron chi connectivity index (χ0n) is 10.6. The summed E-state index contributed by atoms with van der Waals surface area (Å²) >= 11 is 1.56. The van der Waals surface area contributed by atoms with Gasteiger partial charge in [-0.2, -0.15) is 0 Å². The van der Waals surface area contributed by atoms with Gasteiger partial charge >= 0.3 is 0 Å². The van der Waals surface area contributed by atoms with E-state index in [1.807, 2.05) is 24.3 Å². The summed E-state index contributed by atoms with van der Waals surface area (Å²) in [7, 11) is 0. The number of thioether (sulfide) groups is 1. The molecule has 2 aromatic carbocycles. The molecule has 1 saturated heterocycles. The molecule has 1 heterocycles. The normalized spacial score (nSPS) is 18.6. The molecule has 0 radical (unpaired) electrons. The van der Waals surface area contributed by atoms with Gasteiger partial charge in [-0.3, -0.25) is 9.69 Å². The third-order valence-corrected chi connectivity index (χ3v) is 4.41. The van der Waals surface area contributed by atoms with Gasteiger partial charge in [-0.25, -0.2) is 4.39 Å². The maximum atomic E-state index is 13.0. The van der Waals surface area contributed by atoms with Gasteiger partial charge in [-0.05, 0) is 42.0 Å². The molecule has 20 heavy (non-hydrogen) atoms. The number of amides is 1. The number of anilines is 2. The smallest absolute Gasteiger partial charge is 0.238 e. The van der Waals surface area contributed by atoms with E-state index in [1.165, 1.54) is 12.1 Å². The van der Waals surface area contributed by atoms with E-state index in [-0.39, 0.29) is 17.1 Å². The molecule has 0 saturated carbocycles. The van der Waals surface area contributed by atoms with Crippen LogP contribution < -0.4 is 10.6 Å². The summed E-state index contributed by atoms with van der Waals surface area (Å²) < 4.78 is 13.0. The number of nitrogens with two attached hydrogens (primary N) is 1. The van der Waals surface area contributed by atoms with Crippen LogP contribution in [0, 0.1) is 5.82 Å². The van der Waals surface area contributed by atoms with E-state index in [4.69, 9.17) is 5.73 Å². The zero-order chi connectivity index (χ0) is 14.1. The van der Waals surface area contributed by atoms with Crippen LogP contribution in [-0.2, 0) is 4.79 Å². The van der Waals surface area contributed by atoms with E-state index in [9.17, 15) is 9.18 Å². The first-order valence-electron chi connectivity index (χ1n) is 6.20. The maximum Gasteiger partial charge on any atom is 0.238 e. The first-order valence-corrected chi connectivity index (χ1v) is 7.25. The quantitative estimate of drug-likeness (QED) is 0.863. The summed E-state index contributed by atoms with van der Waals surface area (Å²) in [5, 5.41) is -0.0893. The lowest BCUT2D eigenvalue weighted by atomic mass is 10.1. The average Bonchev–Trinajstić information content (AvgIpc) is 2.83. The number of nitrogen functional groups attached to an aromatic ring is 1. The van der Waals surface area contributed by atoms with Gasteiger partial charge < -0.3 is 5.73 Å². The monoisotopic (exact) mass is 288 g/mol. The molecule has 0 aromatic heterocycles. The van der Waals surface area contributed by atoms with Crippen molar-refractivity contribution in [3.63, 3.8) is 0 Å². The van der Waals surface area contributed by atoms with Crippen LogP contribution in [0.15, 0.2) is 48.5 Å². The Bertz CT molecular complexity index is 627. The van der Waals surface area contributed by atoms with Gasteiger partial charge in [-0.1, -0.05) is 12.1 Å². The van der Waals surface area contributed by atoms with Crippen molar-refractivity contribution in [3.05, 3.63) is 59.9 Å². The largest absolute Gasteiger partial charge is 0.399 e. The van der Waals surface area contributed by atoms with Crippen molar-refractivity contribution in [2.24, 2.45) is 0 Å². The minimum absolute atomic E-state index is 0.0310. The highest BCUT2D eigenvalue weighted by Crippen LogP contribution is 2.41. The molecular weight excluding hydrogens is 275 g/mol. The van der Waals surface area contributed by atoms with Crippen LogP contribution in [0.1, 0.15) is 10.9 Å². The standard InChI is InChI=1S/C15H13FN2OS/c16-11-3-7-13(8-4-11)18-14(19)9-20-15(18)10-1-5-12(17)6-2-10/h1-8,15H,9,17H2/t15-/m1/s1. The van der Waals surface area contributed by atoms with E-state index < -0.39 is 0 Å². The zero-order valence-corrected chi connectivity index (χ0v) is 11.4. The van der Waals surface area contributed by atoms with Gasteiger partial charge in [0.05, 0.1) is 5.75 Å². The molecule has 0 aliphatic carbocycles. The molecule has 1 amide bonds. The Kier molecular flexibility index (Phi) is 3.36. The molecule has 1 atom stereocenters. The Morgan fingerprint density at radius 1 is 1.10 bits per heavy atom. The highest BCUT2D eigenvalue weighted by atomic mass is 32.2. The van der Waals surface area contributed by atoms with Crippen LogP contribution in [0.3, 0.4) is 0 Å². The Balaban J connectivity index is 1.96. The van der Waals surface area contributed by atoms with Gasteiger partial charge in [-0.15, -0.1) is 11.8 Å². The van der Waals surface area contributed by atoms with E-state index in [2.05, 4.69) is 0 Å². The number of hydrogen-bond acceptors (Lipinski definition) is 3. The minimum atomic E-state index is -0.308. The number of benzene rings is 2. The van der Waals surface area contributed by atoms with Crippen molar-refractivity contribution < 1.29 is 9.18 Å². The molecular formula is C15H13FN2OS. The lowest BCUT2D eigenvalue weighted by molar-refractivity contribution is -0.115. The molecule has 3 rings (SSSR count). The highest BCUT2D eigenvalue weighted by molar-refractivity contribution is 8.00. The Morgan fingerprint density at radius 2 is 1.75 bits per heavy atom. The van der Waals surface area contributed by atoms with Crippen molar-refractivity contribution >= 4 is 29.0 Å². The summed E-state index contributed by atoms with van der Waals surface area (Å²) in [5.41, 5.74) is 8.10. The highest BCUT2D eigenvalue weighted by Gasteiger charge is 2.33. The summed E-state index contributed by atoms with van der Waals surface area (Å²) in [6, 6.07) is 13.5. The van der Waals surface area contributed by atoms with Gasteiger partial charge in [0.25, 0.3) is 0 Å². The average molecular weight is 288 g/mol. The van der Waals surface area contributed by atoms with Crippen LogP contribution in [-0.4, -0.2) is 11.7 Å². The molecule has 1 aliphatic rings. The molecule has 2 aromatic rings. The SMILES string of the molecule is Nc1ccc([C@H]2SCC(=O)N2c2ccc(F)cc2)cc1. The van der Waals surface area contributed by atoms with Gasteiger partial charge in [0.15, 0.2) is 0 Å². The summed E-state index contributed by atoms with van der Waals surface area (Å²) in [6.45, 7) is 0. The molecule has 102 valence electrons. The lowest BCUT2D eigenvalue weighted by Gasteiger charge is -2.24. The molecule has 3 nitrogen and oxygen atoms in total. The second-order valence-electron chi connectivity index (χ2n) is 4.57. The van der Waals surface area contributed by atoms with E-state index in [1.54, 1.807) is 28.8 Å². The van der Waals surface area contributed by atoms with Crippen LogP contribution in [0.5, 0.6) is 0 Å². The predicted molar refractivity (Wildman–Crippen MR) is 79.9 cm³/mol. The second kappa shape index (κ2) is 5.17. The second-order valence-corrected chi connectivity index (χ2v) is 5.64. The topological polar surface area (TPSA) is 46.3 Å². The summed E-state index contributed by atoms with van der Waals surface area (Å²) in [6.07, 6.45) is 0.